The smallest absolute Gasteiger partial charge is 0.188 e. The fraction of sp³-hybridized carbons (Fsp3) is 0.412. The zero-order valence-corrected chi connectivity index (χ0v) is 16.3. The van der Waals surface area contributed by atoms with Crippen molar-refractivity contribution in [3.63, 3.8) is 0 Å². The maximum absolute atomic E-state index is 6.23. The van der Waals surface area contributed by atoms with Gasteiger partial charge in [0.15, 0.2) is 17.3 Å². The Bertz CT molecular complexity index is 957. The number of hydrogen-bond donors (Lipinski definition) is 1. The number of rotatable bonds is 5. The number of nitrogens with zero attached hydrogens (tertiary/aromatic N) is 5. The SMILES string of the molecule is Cn1cnc(COc2c(OC3CCOCC3)cc(Br)c3ncnc(N)c23)n1. The fourth-order valence-electron chi connectivity index (χ4n) is 2.97. The molecule has 0 aliphatic carbocycles. The van der Waals surface area contributed by atoms with Crippen LogP contribution in [0, 0.1) is 0 Å². The van der Waals surface area contributed by atoms with Crippen molar-refractivity contribution in [1.29, 1.82) is 0 Å². The molecule has 0 saturated carbocycles. The van der Waals surface area contributed by atoms with Gasteiger partial charge in [-0.2, -0.15) is 5.10 Å². The van der Waals surface area contributed by atoms with Gasteiger partial charge in [-0.1, -0.05) is 0 Å². The Morgan fingerprint density at radius 3 is 2.85 bits per heavy atom. The summed E-state index contributed by atoms with van der Waals surface area (Å²) in [6.07, 6.45) is 4.72. The molecule has 3 aromatic rings. The Labute approximate surface area is 164 Å². The summed E-state index contributed by atoms with van der Waals surface area (Å²) in [6, 6.07) is 1.85. The summed E-state index contributed by atoms with van der Waals surface area (Å²) in [5.41, 5.74) is 6.80. The van der Waals surface area contributed by atoms with E-state index in [-0.39, 0.29) is 12.7 Å². The van der Waals surface area contributed by atoms with E-state index >= 15 is 0 Å². The van der Waals surface area contributed by atoms with E-state index in [4.69, 9.17) is 19.9 Å². The standard InChI is InChI=1S/C17H19BrN6O3/c1-24-9-22-13(23-24)7-26-16-12(27-10-2-4-25-5-3-10)6-11(18)15-14(16)17(19)21-8-20-15/h6,8-10H,2-5,7H2,1H3,(H2,19,20,21). The molecule has 142 valence electrons. The molecule has 1 fully saturated rings. The van der Waals surface area contributed by atoms with Crippen molar-refractivity contribution in [1.82, 2.24) is 24.7 Å². The number of aryl methyl sites for hydroxylation is 1. The molecule has 27 heavy (non-hydrogen) atoms. The molecule has 3 heterocycles. The summed E-state index contributed by atoms with van der Waals surface area (Å²) in [4.78, 5) is 12.6. The fourth-order valence-corrected chi connectivity index (χ4v) is 3.48. The van der Waals surface area contributed by atoms with E-state index in [2.05, 4.69) is 36.0 Å². The van der Waals surface area contributed by atoms with Crippen molar-refractivity contribution in [2.45, 2.75) is 25.6 Å². The highest BCUT2D eigenvalue weighted by Gasteiger charge is 2.22. The van der Waals surface area contributed by atoms with Gasteiger partial charge in [-0.25, -0.2) is 15.0 Å². The summed E-state index contributed by atoms with van der Waals surface area (Å²) in [5.74, 6) is 1.95. The summed E-state index contributed by atoms with van der Waals surface area (Å²) >= 11 is 3.55. The molecule has 1 aliphatic heterocycles. The molecular weight excluding hydrogens is 416 g/mol. The maximum Gasteiger partial charge on any atom is 0.188 e. The van der Waals surface area contributed by atoms with Gasteiger partial charge >= 0.3 is 0 Å². The minimum Gasteiger partial charge on any atom is -0.486 e. The minimum atomic E-state index is 0.0456. The largest absolute Gasteiger partial charge is 0.486 e. The Kier molecular flexibility index (Phi) is 5.08. The quantitative estimate of drug-likeness (QED) is 0.650. The molecule has 2 aromatic heterocycles. The van der Waals surface area contributed by atoms with E-state index in [1.54, 1.807) is 18.1 Å². The van der Waals surface area contributed by atoms with Crippen molar-refractivity contribution in [3.8, 4) is 11.5 Å². The lowest BCUT2D eigenvalue weighted by molar-refractivity contribution is 0.0242. The first-order chi connectivity index (χ1) is 13.1. The van der Waals surface area contributed by atoms with E-state index in [1.807, 2.05) is 6.07 Å². The molecule has 1 aliphatic rings. The van der Waals surface area contributed by atoms with Crippen LogP contribution in [0.25, 0.3) is 10.9 Å². The first kappa shape index (κ1) is 17.9. The van der Waals surface area contributed by atoms with E-state index in [0.717, 1.165) is 17.3 Å². The highest BCUT2D eigenvalue weighted by molar-refractivity contribution is 9.10. The van der Waals surface area contributed by atoms with Crippen LogP contribution in [-0.2, 0) is 18.4 Å². The number of hydrogen-bond acceptors (Lipinski definition) is 8. The Morgan fingerprint density at radius 2 is 2.11 bits per heavy atom. The van der Waals surface area contributed by atoms with Gasteiger partial charge in [0.25, 0.3) is 0 Å². The maximum atomic E-state index is 6.23. The zero-order chi connectivity index (χ0) is 18.8. The third-order valence-corrected chi connectivity index (χ3v) is 4.87. The second-order valence-electron chi connectivity index (χ2n) is 6.22. The van der Waals surface area contributed by atoms with Gasteiger partial charge in [-0.3, -0.25) is 4.68 Å². The monoisotopic (exact) mass is 434 g/mol. The molecule has 0 amide bonds. The highest BCUT2D eigenvalue weighted by Crippen LogP contribution is 2.42. The van der Waals surface area contributed by atoms with Crippen LogP contribution in [0.3, 0.4) is 0 Å². The molecule has 10 heteroatoms. The zero-order valence-electron chi connectivity index (χ0n) is 14.8. The van der Waals surface area contributed by atoms with Crippen LogP contribution < -0.4 is 15.2 Å². The Balaban J connectivity index is 1.73. The van der Waals surface area contributed by atoms with Crippen LogP contribution >= 0.6 is 15.9 Å². The third kappa shape index (κ3) is 3.81. The van der Waals surface area contributed by atoms with Gasteiger partial charge in [0.05, 0.1) is 24.1 Å². The lowest BCUT2D eigenvalue weighted by atomic mass is 10.1. The predicted molar refractivity (Wildman–Crippen MR) is 101 cm³/mol. The lowest BCUT2D eigenvalue weighted by Crippen LogP contribution is -2.26. The number of fused-ring (bicyclic) bond motifs is 1. The molecule has 0 bridgehead atoms. The Morgan fingerprint density at radius 1 is 1.30 bits per heavy atom. The molecule has 0 atom stereocenters. The number of ether oxygens (including phenoxy) is 3. The van der Waals surface area contributed by atoms with Crippen LogP contribution in [-0.4, -0.2) is 44.1 Å². The highest BCUT2D eigenvalue weighted by atomic mass is 79.9. The van der Waals surface area contributed by atoms with Crippen LogP contribution in [0.1, 0.15) is 18.7 Å². The van der Waals surface area contributed by atoms with Gasteiger partial charge in [0, 0.05) is 30.4 Å². The summed E-state index contributed by atoms with van der Waals surface area (Å²) < 4.78 is 20.1. The number of nitrogen functional groups attached to an aromatic ring is 1. The molecular formula is C17H19BrN6O3. The van der Waals surface area contributed by atoms with Crippen molar-refractivity contribution >= 4 is 32.7 Å². The third-order valence-electron chi connectivity index (χ3n) is 4.27. The summed E-state index contributed by atoms with van der Waals surface area (Å²) in [5, 5.41) is 4.84. The van der Waals surface area contributed by atoms with Gasteiger partial charge < -0.3 is 19.9 Å². The molecule has 0 unspecified atom stereocenters. The molecule has 0 spiro atoms. The molecule has 4 rings (SSSR count). The van der Waals surface area contributed by atoms with Crippen molar-refractivity contribution < 1.29 is 14.2 Å². The summed E-state index contributed by atoms with van der Waals surface area (Å²) in [7, 11) is 1.80. The van der Waals surface area contributed by atoms with E-state index in [0.29, 0.717) is 47.3 Å². The molecule has 2 N–H and O–H groups in total. The summed E-state index contributed by atoms with van der Waals surface area (Å²) in [6.45, 7) is 1.54. The average Bonchev–Trinajstić information content (AvgIpc) is 3.08. The van der Waals surface area contributed by atoms with Gasteiger partial charge in [0.1, 0.15) is 31.2 Å². The van der Waals surface area contributed by atoms with Crippen LogP contribution in [0.4, 0.5) is 5.82 Å². The number of halogens is 1. The van der Waals surface area contributed by atoms with E-state index < -0.39 is 0 Å². The van der Waals surface area contributed by atoms with Crippen molar-refractivity contribution in [2.75, 3.05) is 18.9 Å². The minimum absolute atomic E-state index is 0.0456. The number of anilines is 1. The second kappa shape index (κ2) is 7.65. The predicted octanol–water partition coefficient (Wildman–Crippen LogP) is 2.24. The molecule has 9 nitrogen and oxygen atoms in total. The van der Waals surface area contributed by atoms with Crippen LogP contribution in [0.15, 0.2) is 23.2 Å². The number of nitrogens with two attached hydrogens (primary N) is 1. The van der Waals surface area contributed by atoms with E-state index in [1.165, 1.54) is 6.33 Å². The Hall–Kier alpha value is -2.46. The number of benzene rings is 1. The van der Waals surface area contributed by atoms with Crippen molar-refractivity contribution in [2.24, 2.45) is 7.05 Å². The molecule has 1 aromatic carbocycles. The van der Waals surface area contributed by atoms with Crippen molar-refractivity contribution in [3.05, 3.63) is 29.0 Å². The number of aromatic nitrogens is 5. The normalized spacial score (nSPS) is 15.2. The van der Waals surface area contributed by atoms with Gasteiger partial charge in [-0.15, -0.1) is 0 Å². The van der Waals surface area contributed by atoms with Gasteiger partial charge in [0.2, 0.25) is 0 Å². The molecule has 1 saturated heterocycles. The first-order valence-corrected chi connectivity index (χ1v) is 9.35. The topological polar surface area (TPSA) is 110 Å². The second-order valence-corrected chi connectivity index (χ2v) is 7.08. The lowest BCUT2D eigenvalue weighted by Gasteiger charge is -2.25. The van der Waals surface area contributed by atoms with E-state index in [9.17, 15) is 0 Å². The first-order valence-electron chi connectivity index (χ1n) is 8.56. The average molecular weight is 435 g/mol. The molecule has 0 radical (unpaired) electrons. The van der Waals surface area contributed by atoms with Crippen LogP contribution in [0.5, 0.6) is 11.5 Å². The van der Waals surface area contributed by atoms with Crippen LogP contribution in [0.2, 0.25) is 0 Å². The van der Waals surface area contributed by atoms with Gasteiger partial charge in [-0.05, 0) is 15.9 Å².